The number of hydrogen-bond donors (Lipinski definition) is 2. The van der Waals surface area contributed by atoms with E-state index in [2.05, 4.69) is 10.6 Å². The largest absolute Gasteiger partial charge is 0.347 e. The summed E-state index contributed by atoms with van der Waals surface area (Å²) in [4.78, 5) is 22.0. The highest BCUT2D eigenvalue weighted by molar-refractivity contribution is 6.44. The molecule has 1 amide bonds. The molecule has 0 bridgehead atoms. The molecule has 1 aliphatic heterocycles. The van der Waals surface area contributed by atoms with Crippen LogP contribution in [0.1, 0.15) is 10.4 Å². The summed E-state index contributed by atoms with van der Waals surface area (Å²) in [5, 5.41) is 16.4. The van der Waals surface area contributed by atoms with Crippen LogP contribution in [0.15, 0.2) is 12.1 Å². The zero-order valence-electron chi connectivity index (χ0n) is 9.07. The third-order valence-electron chi connectivity index (χ3n) is 2.59. The Labute approximate surface area is 112 Å². The topological polar surface area (TPSA) is 84.3 Å². The lowest BCUT2D eigenvalue weighted by Gasteiger charge is -2.28. The number of rotatable bonds is 3. The number of nitro benzene ring substituents is 1. The summed E-state index contributed by atoms with van der Waals surface area (Å²) in [6.07, 6.45) is 0. The van der Waals surface area contributed by atoms with Crippen LogP contribution in [0, 0.1) is 10.1 Å². The molecule has 2 rings (SSSR count). The van der Waals surface area contributed by atoms with Gasteiger partial charge < -0.3 is 10.6 Å². The van der Waals surface area contributed by atoms with Gasteiger partial charge in [-0.3, -0.25) is 14.9 Å². The van der Waals surface area contributed by atoms with Gasteiger partial charge in [-0.15, -0.1) is 0 Å². The standard InChI is InChI=1S/C10H9Cl2N3O3/c11-8-2-6(15(17)18)1-7(9(8)12)10(16)14-5-3-13-4-5/h1-2,5,13H,3-4H2,(H,14,16). The highest BCUT2D eigenvalue weighted by Gasteiger charge is 2.23. The number of nitrogens with zero attached hydrogens (tertiary/aromatic N) is 1. The fraction of sp³-hybridized carbons (Fsp3) is 0.300. The average molecular weight is 290 g/mol. The molecule has 8 heteroatoms. The molecular formula is C10H9Cl2N3O3. The van der Waals surface area contributed by atoms with E-state index in [4.69, 9.17) is 23.2 Å². The van der Waals surface area contributed by atoms with Gasteiger partial charge in [0.2, 0.25) is 0 Å². The highest BCUT2D eigenvalue weighted by Crippen LogP contribution is 2.30. The van der Waals surface area contributed by atoms with Gasteiger partial charge in [0, 0.05) is 25.2 Å². The van der Waals surface area contributed by atoms with Crippen LogP contribution < -0.4 is 10.6 Å². The van der Waals surface area contributed by atoms with E-state index in [1.165, 1.54) is 0 Å². The molecule has 6 nitrogen and oxygen atoms in total. The Morgan fingerprint density at radius 1 is 1.44 bits per heavy atom. The molecule has 0 aromatic heterocycles. The summed E-state index contributed by atoms with van der Waals surface area (Å²) in [5.41, 5.74) is -0.246. The molecular weight excluding hydrogens is 281 g/mol. The van der Waals surface area contributed by atoms with Gasteiger partial charge in [0.05, 0.1) is 26.6 Å². The number of non-ortho nitro benzene ring substituents is 1. The van der Waals surface area contributed by atoms with E-state index in [9.17, 15) is 14.9 Å². The van der Waals surface area contributed by atoms with Crippen molar-refractivity contribution < 1.29 is 9.72 Å². The van der Waals surface area contributed by atoms with Crippen LogP contribution in [0.5, 0.6) is 0 Å². The number of hydrogen-bond acceptors (Lipinski definition) is 4. The van der Waals surface area contributed by atoms with Crippen molar-refractivity contribution >= 4 is 34.8 Å². The third-order valence-corrected chi connectivity index (χ3v) is 3.39. The molecule has 0 unspecified atom stereocenters. The van der Waals surface area contributed by atoms with Gasteiger partial charge in [-0.05, 0) is 0 Å². The van der Waals surface area contributed by atoms with Crippen LogP contribution >= 0.6 is 23.2 Å². The van der Waals surface area contributed by atoms with E-state index in [1.54, 1.807) is 0 Å². The van der Waals surface area contributed by atoms with Gasteiger partial charge in [-0.25, -0.2) is 0 Å². The number of benzene rings is 1. The predicted molar refractivity (Wildman–Crippen MR) is 67.2 cm³/mol. The Bertz CT molecular complexity index is 517. The predicted octanol–water partition coefficient (Wildman–Crippen LogP) is 1.60. The van der Waals surface area contributed by atoms with Gasteiger partial charge in [0.15, 0.2) is 0 Å². The number of carbonyl (C=O) groups is 1. The van der Waals surface area contributed by atoms with E-state index >= 15 is 0 Å². The van der Waals surface area contributed by atoms with Gasteiger partial charge in [0.1, 0.15) is 0 Å². The molecule has 1 heterocycles. The Morgan fingerprint density at radius 3 is 2.61 bits per heavy atom. The van der Waals surface area contributed by atoms with Gasteiger partial charge in [-0.1, -0.05) is 23.2 Å². The van der Waals surface area contributed by atoms with Crippen LogP contribution in [0.2, 0.25) is 10.0 Å². The molecule has 1 aliphatic rings. The maximum absolute atomic E-state index is 11.9. The van der Waals surface area contributed by atoms with E-state index < -0.39 is 10.8 Å². The van der Waals surface area contributed by atoms with Crippen LogP contribution in [0.4, 0.5) is 5.69 Å². The minimum Gasteiger partial charge on any atom is -0.347 e. The van der Waals surface area contributed by atoms with Crippen molar-refractivity contribution in [3.63, 3.8) is 0 Å². The van der Waals surface area contributed by atoms with Crippen molar-refractivity contribution in [1.82, 2.24) is 10.6 Å². The Balaban J connectivity index is 2.29. The number of nitrogens with one attached hydrogen (secondary N) is 2. The molecule has 0 radical (unpaired) electrons. The Kier molecular flexibility index (Phi) is 3.70. The molecule has 1 fully saturated rings. The number of halogens is 2. The first kappa shape index (κ1) is 13.1. The quantitative estimate of drug-likeness (QED) is 0.654. The molecule has 2 N–H and O–H groups in total. The number of nitro groups is 1. The van der Waals surface area contributed by atoms with Crippen LogP contribution in [0.25, 0.3) is 0 Å². The number of carbonyl (C=O) groups excluding carboxylic acids is 1. The Hall–Kier alpha value is -1.37. The van der Waals surface area contributed by atoms with Crippen molar-refractivity contribution in [2.45, 2.75) is 6.04 Å². The van der Waals surface area contributed by atoms with Crippen molar-refractivity contribution in [1.29, 1.82) is 0 Å². The summed E-state index contributed by atoms with van der Waals surface area (Å²) in [6.45, 7) is 1.35. The van der Waals surface area contributed by atoms with E-state index in [-0.39, 0.29) is 27.3 Å². The first-order valence-electron chi connectivity index (χ1n) is 5.14. The van der Waals surface area contributed by atoms with Crippen molar-refractivity contribution in [2.24, 2.45) is 0 Å². The minimum absolute atomic E-state index is 0.0113. The third kappa shape index (κ3) is 2.55. The fourth-order valence-corrected chi connectivity index (χ4v) is 1.91. The molecule has 1 aromatic carbocycles. The average Bonchev–Trinajstić information content (AvgIpc) is 2.26. The maximum Gasteiger partial charge on any atom is 0.271 e. The lowest BCUT2D eigenvalue weighted by atomic mass is 10.1. The van der Waals surface area contributed by atoms with Gasteiger partial charge in [0.25, 0.3) is 11.6 Å². The molecule has 18 heavy (non-hydrogen) atoms. The molecule has 1 saturated heterocycles. The highest BCUT2D eigenvalue weighted by atomic mass is 35.5. The smallest absolute Gasteiger partial charge is 0.271 e. The lowest BCUT2D eigenvalue weighted by molar-refractivity contribution is -0.384. The summed E-state index contributed by atoms with van der Waals surface area (Å²) in [5.74, 6) is -0.461. The molecule has 0 saturated carbocycles. The normalized spacial score (nSPS) is 15.0. The van der Waals surface area contributed by atoms with Crippen molar-refractivity contribution in [3.05, 3.63) is 37.9 Å². The SMILES string of the molecule is O=C(NC1CNC1)c1cc([N+](=O)[O-])cc(Cl)c1Cl. The second kappa shape index (κ2) is 5.09. The summed E-state index contributed by atoms with van der Waals surface area (Å²) in [7, 11) is 0. The summed E-state index contributed by atoms with van der Waals surface area (Å²) in [6, 6.07) is 2.26. The lowest BCUT2D eigenvalue weighted by Crippen LogP contribution is -2.56. The molecule has 0 atom stereocenters. The first-order chi connectivity index (χ1) is 8.49. The molecule has 0 spiro atoms. The molecule has 1 aromatic rings. The first-order valence-corrected chi connectivity index (χ1v) is 5.89. The van der Waals surface area contributed by atoms with Crippen molar-refractivity contribution in [3.8, 4) is 0 Å². The van der Waals surface area contributed by atoms with Gasteiger partial charge in [-0.2, -0.15) is 0 Å². The number of amides is 1. The van der Waals surface area contributed by atoms with Crippen LogP contribution in [-0.2, 0) is 0 Å². The zero-order valence-corrected chi connectivity index (χ0v) is 10.6. The summed E-state index contributed by atoms with van der Waals surface area (Å²) < 4.78 is 0. The van der Waals surface area contributed by atoms with Gasteiger partial charge >= 0.3 is 0 Å². The van der Waals surface area contributed by atoms with E-state index in [0.717, 1.165) is 12.1 Å². The zero-order chi connectivity index (χ0) is 13.3. The fourth-order valence-electron chi connectivity index (χ4n) is 1.50. The molecule has 0 aliphatic carbocycles. The minimum atomic E-state index is -0.621. The van der Waals surface area contributed by atoms with Crippen LogP contribution in [0.3, 0.4) is 0 Å². The van der Waals surface area contributed by atoms with E-state index in [1.807, 2.05) is 0 Å². The van der Waals surface area contributed by atoms with E-state index in [0.29, 0.717) is 13.1 Å². The second-order valence-electron chi connectivity index (χ2n) is 3.87. The van der Waals surface area contributed by atoms with Crippen LogP contribution in [-0.4, -0.2) is 30.0 Å². The Morgan fingerprint density at radius 2 is 2.11 bits per heavy atom. The molecule has 96 valence electrons. The second-order valence-corrected chi connectivity index (χ2v) is 4.66. The maximum atomic E-state index is 11.9. The summed E-state index contributed by atoms with van der Waals surface area (Å²) >= 11 is 11.6. The van der Waals surface area contributed by atoms with Crippen molar-refractivity contribution in [2.75, 3.05) is 13.1 Å². The monoisotopic (exact) mass is 289 g/mol.